The molecule has 40 heavy (non-hydrogen) atoms. The Labute approximate surface area is 241 Å². The standard InChI is InChI=1S/C36H48O3S/c37-40(38,39)33-31(35-15-24-4-25(16-35)6-26(5-24)17-35)10-30(34-12-21-1-22(13-34)3-23(2-21)14-34)11-32(33)36-18-27-7-28(19-36)9-29(8-27)20-36/h10-11,21-29H,1-9,12-20H2,(H,37,38,39)/p-1. The van der Waals surface area contributed by atoms with Crippen molar-refractivity contribution in [3.63, 3.8) is 0 Å². The van der Waals surface area contributed by atoms with Gasteiger partial charge in [0, 0.05) is 0 Å². The van der Waals surface area contributed by atoms with Crippen LogP contribution in [0.1, 0.15) is 132 Å². The molecule has 3 nitrogen and oxygen atoms in total. The van der Waals surface area contributed by atoms with Crippen molar-refractivity contribution in [1.82, 2.24) is 0 Å². The molecule has 0 aliphatic heterocycles. The van der Waals surface area contributed by atoms with Crippen molar-refractivity contribution < 1.29 is 13.0 Å². The largest absolute Gasteiger partial charge is 0.744 e. The summed E-state index contributed by atoms with van der Waals surface area (Å²) in [5.41, 5.74) is 3.69. The Bertz CT molecular complexity index is 1220. The highest BCUT2D eigenvalue weighted by Gasteiger charge is 2.58. The summed E-state index contributed by atoms with van der Waals surface area (Å²) >= 11 is 0. The van der Waals surface area contributed by atoms with Gasteiger partial charge in [-0.15, -0.1) is 0 Å². The molecule has 0 aromatic heterocycles. The van der Waals surface area contributed by atoms with Crippen LogP contribution in [-0.4, -0.2) is 13.0 Å². The Hall–Kier alpha value is -0.870. The first-order valence-corrected chi connectivity index (χ1v) is 18.7. The minimum absolute atomic E-state index is 0.0725. The minimum Gasteiger partial charge on any atom is -0.744 e. The monoisotopic (exact) mass is 559 g/mol. The van der Waals surface area contributed by atoms with Crippen molar-refractivity contribution in [2.45, 2.75) is 137 Å². The van der Waals surface area contributed by atoms with Gasteiger partial charge in [0.2, 0.25) is 0 Å². The minimum atomic E-state index is -4.57. The number of benzene rings is 1. The second-order valence-electron chi connectivity index (χ2n) is 17.9. The van der Waals surface area contributed by atoms with Gasteiger partial charge in [0.1, 0.15) is 10.1 Å². The smallest absolute Gasteiger partial charge is 0.125 e. The maximum atomic E-state index is 13.7. The first kappa shape index (κ1) is 24.6. The van der Waals surface area contributed by atoms with Gasteiger partial charge in [0.15, 0.2) is 0 Å². The molecule has 0 saturated heterocycles. The molecule has 12 bridgehead atoms. The highest BCUT2D eigenvalue weighted by Crippen LogP contribution is 2.67. The molecule has 13 rings (SSSR count). The summed E-state index contributed by atoms with van der Waals surface area (Å²) in [6.45, 7) is 0. The van der Waals surface area contributed by atoms with Crippen molar-refractivity contribution in [3.05, 3.63) is 28.8 Å². The normalized spacial score (nSPS) is 53.1. The summed E-state index contributed by atoms with van der Waals surface area (Å²) in [6.07, 6.45) is 23.0. The summed E-state index contributed by atoms with van der Waals surface area (Å²) < 4.78 is 41.0. The molecule has 0 amide bonds. The maximum absolute atomic E-state index is 13.7. The highest BCUT2D eigenvalue weighted by molar-refractivity contribution is 7.85. The van der Waals surface area contributed by atoms with Gasteiger partial charge in [-0.1, -0.05) is 12.1 Å². The number of hydrogen-bond acceptors (Lipinski definition) is 3. The van der Waals surface area contributed by atoms with E-state index in [-0.39, 0.29) is 16.2 Å². The van der Waals surface area contributed by atoms with Crippen LogP contribution in [0.15, 0.2) is 17.0 Å². The third-order valence-corrected chi connectivity index (χ3v) is 16.1. The van der Waals surface area contributed by atoms with E-state index in [1.54, 1.807) is 0 Å². The van der Waals surface area contributed by atoms with Gasteiger partial charge in [-0.2, -0.15) is 0 Å². The van der Waals surface area contributed by atoms with E-state index in [4.69, 9.17) is 0 Å². The molecule has 1 aromatic rings. The summed E-state index contributed by atoms with van der Waals surface area (Å²) in [5.74, 6) is 7.00. The predicted octanol–water partition coefficient (Wildman–Crippen LogP) is 7.99. The summed E-state index contributed by atoms with van der Waals surface area (Å²) in [7, 11) is -4.57. The highest BCUT2D eigenvalue weighted by atomic mass is 32.2. The summed E-state index contributed by atoms with van der Waals surface area (Å²) in [5, 5.41) is 0. The van der Waals surface area contributed by atoms with Gasteiger partial charge in [-0.3, -0.25) is 0 Å². The van der Waals surface area contributed by atoms with Crippen LogP contribution in [0.2, 0.25) is 0 Å². The van der Waals surface area contributed by atoms with Gasteiger partial charge in [-0.05, 0) is 202 Å². The number of hydrogen-bond donors (Lipinski definition) is 0. The van der Waals surface area contributed by atoms with Crippen molar-refractivity contribution in [2.75, 3.05) is 0 Å². The quantitative estimate of drug-likeness (QED) is 0.351. The lowest BCUT2D eigenvalue weighted by molar-refractivity contribution is -0.0138. The van der Waals surface area contributed by atoms with Crippen LogP contribution < -0.4 is 0 Å². The molecule has 216 valence electrons. The maximum Gasteiger partial charge on any atom is 0.125 e. The van der Waals surface area contributed by atoms with Gasteiger partial charge < -0.3 is 4.55 Å². The molecule has 12 fully saturated rings. The Morgan fingerprint density at radius 2 is 0.725 bits per heavy atom. The Morgan fingerprint density at radius 3 is 0.975 bits per heavy atom. The zero-order chi connectivity index (χ0) is 26.6. The zero-order valence-electron chi connectivity index (χ0n) is 24.2. The van der Waals surface area contributed by atoms with Crippen LogP contribution in [0.3, 0.4) is 0 Å². The van der Waals surface area contributed by atoms with Crippen LogP contribution in [0, 0.1) is 53.3 Å². The van der Waals surface area contributed by atoms with Crippen molar-refractivity contribution in [1.29, 1.82) is 0 Å². The average Bonchev–Trinajstić information content (AvgIpc) is 2.85. The molecular formula is C36H47O3S-. The van der Waals surface area contributed by atoms with Crippen LogP contribution in [-0.2, 0) is 26.4 Å². The predicted molar refractivity (Wildman–Crippen MR) is 154 cm³/mol. The summed E-state index contributed by atoms with van der Waals surface area (Å²) in [4.78, 5) is 0.324. The van der Waals surface area contributed by atoms with E-state index < -0.39 is 10.1 Å². The average molecular weight is 560 g/mol. The second-order valence-corrected chi connectivity index (χ2v) is 19.3. The second kappa shape index (κ2) is 7.79. The van der Waals surface area contributed by atoms with Gasteiger partial charge in [-0.25, -0.2) is 8.42 Å². The lowest BCUT2D eigenvalue weighted by atomic mass is 9.45. The van der Waals surface area contributed by atoms with Gasteiger partial charge >= 0.3 is 0 Å². The van der Waals surface area contributed by atoms with Gasteiger partial charge in [0.05, 0.1) is 4.90 Å². The van der Waals surface area contributed by atoms with E-state index in [0.717, 1.165) is 103 Å². The third kappa shape index (κ3) is 3.36. The Morgan fingerprint density at radius 1 is 0.475 bits per heavy atom. The molecule has 12 aliphatic rings. The number of rotatable bonds is 4. The molecule has 0 heterocycles. The van der Waals surface area contributed by atoms with E-state index in [0.29, 0.717) is 4.90 Å². The van der Waals surface area contributed by atoms with Crippen LogP contribution >= 0.6 is 0 Å². The van der Waals surface area contributed by atoms with E-state index >= 15 is 0 Å². The first-order valence-electron chi connectivity index (χ1n) is 17.3. The fourth-order valence-corrected chi connectivity index (χ4v) is 16.4. The third-order valence-electron chi connectivity index (χ3n) is 15.2. The molecule has 1 aromatic carbocycles. The molecule has 0 atom stereocenters. The molecule has 4 heteroatoms. The Kier molecular flexibility index (Phi) is 4.78. The lowest BCUT2D eigenvalue weighted by Gasteiger charge is -2.60. The van der Waals surface area contributed by atoms with Crippen LogP contribution in [0.5, 0.6) is 0 Å². The molecular weight excluding hydrogens is 512 g/mol. The molecule has 0 unspecified atom stereocenters. The molecule has 0 N–H and O–H groups in total. The fourth-order valence-electron chi connectivity index (χ4n) is 15.3. The van der Waals surface area contributed by atoms with Crippen molar-refractivity contribution >= 4 is 10.1 Å². The SMILES string of the molecule is O=S(=O)([O-])c1c(C23CC4CC(CC(C4)C2)C3)cc(C23CC4CC(CC(C4)C2)C3)cc1C12CC3CC(CC(C3)C1)C2. The van der Waals surface area contributed by atoms with Crippen LogP contribution in [0.25, 0.3) is 0 Å². The van der Waals surface area contributed by atoms with Crippen molar-refractivity contribution in [3.8, 4) is 0 Å². The van der Waals surface area contributed by atoms with E-state index in [1.807, 2.05) is 0 Å². The van der Waals surface area contributed by atoms with Gasteiger partial charge in [0.25, 0.3) is 0 Å². The van der Waals surface area contributed by atoms with E-state index in [2.05, 4.69) is 12.1 Å². The molecule has 12 aliphatic carbocycles. The molecule has 0 spiro atoms. The molecule has 12 saturated carbocycles. The Balaban J connectivity index is 1.23. The van der Waals surface area contributed by atoms with E-state index in [1.165, 1.54) is 82.6 Å². The zero-order valence-corrected chi connectivity index (χ0v) is 25.0. The van der Waals surface area contributed by atoms with E-state index in [9.17, 15) is 13.0 Å². The van der Waals surface area contributed by atoms with Crippen LogP contribution in [0.4, 0.5) is 0 Å². The topological polar surface area (TPSA) is 57.2 Å². The van der Waals surface area contributed by atoms with Crippen molar-refractivity contribution in [2.24, 2.45) is 53.3 Å². The molecule has 0 radical (unpaired) electrons. The lowest BCUT2D eigenvalue weighted by Crippen LogP contribution is -2.52. The fraction of sp³-hybridized carbons (Fsp3) is 0.833. The first-order chi connectivity index (χ1) is 19.2. The summed E-state index contributed by atoms with van der Waals surface area (Å²) in [6, 6.07) is 4.85.